The zero-order valence-corrected chi connectivity index (χ0v) is 11.1. The van der Waals surface area contributed by atoms with Crippen LogP contribution in [0.4, 0.5) is 0 Å². The molecule has 1 heterocycles. The van der Waals surface area contributed by atoms with Gasteiger partial charge in [-0.25, -0.2) is 17.8 Å². The van der Waals surface area contributed by atoms with Crippen LogP contribution in [0.1, 0.15) is 20.3 Å². The van der Waals surface area contributed by atoms with Crippen molar-refractivity contribution < 1.29 is 13.0 Å². The molecular formula is C11H15N3O3S. The van der Waals surface area contributed by atoms with E-state index in [-0.39, 0.29) is 10.4 Å². The predicted molar refractivity (Wildman–Crippen MR) is 66.4 cm³/mol. The van der Waals surface area contributed by atoms with Crippen molar-refractivity contribution in [2.24, 2.45) is 5.92 Å². The molecule has 0 aliphatic rings. The molecule has 18 heavy (non-hydrogen) atoms. The Morgan fingerprint density at radius 1 is 1.33 bits per heavy atom. The lowest BCUT2D eigenvalue weighted by Gasteiger charge is -2.08. The first-order valence-electron chi connectivity index (χ1n) is 5.71. The first-order chi connectivity index (χ1) is 8.50. The maximum atomic E-state index is 12.1. The molecule has 0 aliphatic carbocycles. The van der Waals surface area contributed by atoms with Gasteiger partial charge >= 0.3 is 0 Å². The molecule has 0 amide bonds. The number of sulfonamides is 1. The lowest BCUT2D eigenvalue weighted by Crippen LogP contribution is -2.25. The summed E-state index contributed by atoms with van der Waals surface area (Å²) >= 11 is 0. The maximum absolute atomic E-state index is 12.1. The molecule has 0 radical (unpaired) electrons. The Bertz CT molecular complexity index is 634. The highest BCUT2D eigenvalue weighted by Gasteiger charge is 2.19. The topological polar surface area (TPSA) is 85.1 Å². The van der Waals surface area contributed by atoms with E-state index in [2.05, 4.69) is 19.7 Å². The minimum atomic E-state index is -3.56. The van der Waals surface area contributed by atoms with E-state index in [1.165, 1.54) is 6.07 Å². The van der Waals surface area contributed by atoms with Crippen LogP contribution in [0, 0.1) is 5.92 Å². The molecule has 0 atom stereocenters. The van der Waals surface area contributed by atoms with Gasteiger partial charge in [-0.3, -0.25) is 0 Å². The predicted octanol–water partition coefficient (Wildman–Crippen LogP) is 1.55. The third-order valence-electron chi connectivity index (χ3n) is 2.55. The Kier molecular flexibility index (Phi) is 3.63. The fourth-order valence-corrected chi connectivity index (χ4v) is 2.75. The van der Waals surface area contributed by atoms with Gasteiger partial charge in [-0.1, -0.05) is 19.9 Å². The van der Waals surface area contributed by atoms with Gasteiger partial charge in [0.05, 0.1) is 0 Å². The van der Waals surface area contributed by atoms with Crippen molar-refractivity contribution in [3.63, 3.8) is 0 Å². The average Bonchev–Trinajstić information content (AvgIpc) is 2.75. The number of nitrogens with one attached hydrogen (secondary N) is 1. The Morgan fingerprint density at radius 3 is 2.83 bits per heavy atom. The zero-order chi connectivity index (χ0) is 13.2. The highest BCUT2D eigenvalue weighted by molar-refractivity contribution is 7.89. The molecule has 7 heteroatoms. The van der Waals surface area contributed by atoms with Crippen molar-refractivity contribution in [3.8, 4) is 0 Å². The van der Waals surface area contributed by atoms with Crippen LogP contribution in [-0.2, 0) is 10.0 Å². The quantitative estimate of drug-likeness (QED) is 0.890. The van der Waals surface area contributed by atoms with Crippen molar-refractivity contribution in [3.05, 3.63) is 18.2 Å². The smallest absolute Gasteiger partial charge is 0.242 e. The third-order valence-corrected chi connectivity index (χ3v) is 4.04. The first kappa shape index (κ1) is 13.0. The average molecular weight is 269 g/mol. The van der Waals surface area contributed by atoms with Crippen LogP contribution in [0.3, 0.4) is 0 Å². The van der Waals surface area contributed by atoms with E-state index in [1.807, 2.05) is 13.8 Å². The van der Waals surface area contributed by atoms with Crippen LogP contribution in [0.15, 0.2) is 27.7 Å². The number of rotatable bonds is 5. The minimum Gasteiger partial charge on any atom is -0.243 e. The number of benzene rings is 1. The standard InChI is InChI=1S/C11H15N3O3S/c1-8(2)6-7-12-18(15,16)10-5-3-4-9-11(10)14-17-13-9/h3-5,8,12H,6-7H2,1-2H3. The molecule has 0 unspecified atom stereocenters. The van der Waals surface area contributed by atoms with E-state index in [1.54, 1.807) is 12.1 Å². The van der Waals surface area contributed by atoms with E-state index in [4.69, 9.17) is 0 Å². The maximum Gasteiger partial charge on any atom is 0.242 e. The summed E-state index contributed by atoms with van der Waals surface area (Å²) in [5.74, 6) is 0.442. The summed E-state index contributed by atoms with van der Waals surface area (Å²) in [5, 5.41) is 7.25. The molecule has 2 rings (SSSR count). The number of nitrogens with zero attached hydrogens (tertiary/aromatic N) is 2. The molecule has 0 spiro atoms. The molecule has 6 nitrogen and oxygen atoms in total. The minimum absolute atomic E-state index is 0.102. The summed E-state index contributed by atoms with van der Waals surface area (Å²) in [6.07, 6.45) is 0.784. The van der Waals surface area contributed by atoms with Gasteiger partial charge in [0.15, 0.2) is 5.52 Å². The van der Waals surface area contributed by atoms with Crippen LogP contribution >= 0.6 is 0 Å². The van der Waals surface area contributed by atoms with Gasteiger partial charge in [-0.2, -0.15) is 0 Å². The van der Waals surface area contributed by atoms with Gasteiger partial charge in [-0.05, 0) is 34.8 Å². The van der Waals surface area contributed by atoms with Crippen molar-refractivity contribution in [1.82, 2.24) is 15.0 Å². The highest BCUT2D eigenvalue weighted by atomic mass is 32.2. The van der Waals surface area contributed by atoms with E-state index < -0.39 is 10.0 Å². The number of aromatic nitrogens is 2. The van der Waals surface area contributed by atoms with E-state index in [9.17, 15) is 8.42 Å². The number of fused-ring (bicyclic) bond motifs is 1. The van der Waals surface area contributed by atoms with Gasteiger partial charge in [-0.15, -0.1) is 0 Å². The Balaban J connectivity index is 2.27. The summed E-state index contributed by atoms with van der Waals surface area (Å²) in [6.45, 7) is 4.48. The molecule has 2 aromatic rings. The third kappa shape index (κ3) is 2.68. The van der Waals surface area contributed by atoms with Crippen LogP contribution in [-0.4, -0.2) is 25.3 Å². The van der Waals surface area contributed by atoms with Gasteiger partial charge in [0.1, 0.15) is 10.4 Å². The monoisotopic (exact) mass is 269 g/mol. The second-order valence-corrected chi connectivity index (χ2v) is 6.20. The van der Waals surface area contributed by atoms with E-state index >= 15 is 0 Å². The summed E-state index contributed by atoms with van der Waals surface area (Å²) in [5.41, 5.74) is 0.691. The second kappa shape index (κ2) is 5.03. The van der Waals surface area contributed by atoms with Crippen LogP contribution < -0.4 is 4.72 Å². The van der Waals surface area contributed by atoms with Crippen LogP contribution in [0.5, 0.6) is 0 Å². The molecule has 0 saturated heterocycles. The molecular weight excluding hydrogens is 254 g/mol. The van der Waals surface area contributed by atoms with Crippen molar-refractivity contribution in [2.75, 3.05) is 6.54 Å². The molecule has 1 aromatic heterocycles. The molecule has 0 fully saturated rings. The fourth-order valence-electron chi connectivity index (χ4n) is 1.56. The summed E-state index contributed by atoms with van der Waals surface area (Å²) < 4.78 is 31.3. The van der Waals surface area contributed by atoms with Crippen LogP contribution in [0.2, 0.25) is 0 Å². The molecule has 0 bridgehead atoms. The lowest BCUT2D eigenvalue weighted by atomic mass is 10.1. The molecule has 0 aliphatic heterocycles. The normalized spacial score (nSPS) is 12.4. The second-order valence-electron chi connectivity index (χ2n) is 4.47. The summed E-state index contributed by atoms with van der Waals surface area (Å²) in [6, 6.07) is 4.76. The highest BCUT2D eigenvalue weighted by Crippen LogP contribution is 2.19. The van der Waals surface area contributed by atoms with Gasteiger partial charge in [0.25, 0.3) is 0 Å². The first-order valence-corrected chi connectivity index (χ1v) is 7.20. The lowest BCUT2D eigenvalue weighted by molar-refractivity contribution is 0.315. The van der Waals surface area contributed by atoms with E-state index in [0.29, 0.717) is 18.0 Å². The molecule has 98 valence electrons. The van der Waals surface area contributed by atoms with Gasteiger partial charge in [0.2, 0.25) is 10.0 Å². The molecule has 0 saturated carbocycles. The Morgan fingerprint density at radius 2 is 2.11 bits per heavy atom. The van der Waals surface area contributed by atoms with Crippen molar-refractivity contribution in [1.29, 1.82) is 0 Å². The number of hydrogen-bond donors (Lipinski definition) is 1. The SMILES string of the molecule is CC(C)CCNS(=O)(=O)c1cccc2nonc12. The fraction of sp³-hybridized carbons (Fsp3) is 0.455. The Hall–Kier alpha value is -1.47. The summed E-state index contributed by atoms with van der Waals surface area (Å²) in [7, 11) is -3.56. The number of hydrogen-bond acceptors (Lipinski definition) is 5. The molecule has 1 aromatic carbocycles. The van der Waals surface area contributed by atoms with Crippen molar-refractivity contribution >= 4 is 21.1 Å². The van der Waals surface area contributed by atoms with Crippen molar-refractivity contribution in [2.45, 2.75) is 25.2 Å². The van der Waals surface area contributed by atoms with Gasteiger partial charge in [0, 0.05) is 6.54 Å². The molecule has 1 N–H and O–H groups in total. The van der Waals surface area contributed by atoms with Gasteiger partial charge < -0.3 is 0 Å². The zero-order valence-electron chi connectivity index (χ0n) is 10.3. The Labute approximate surface area is 105 Å². The summed E-state index contributed by atoms with van der Waals surface area (Å²) in [4.78, 5) is 0.102. The largest absolute Gasteiger partial charge is 0.243 e. The van der Waals surface area contributed by atoms with E-state index in [0.717, 1.165) is 6.42 Å². The van der Waals surface area contributed by atoms with Crippen LogP contribution in [0.25, 0.3) is 11.0 Å².